The van der Waals surface area contributed by atoms with Crippen molar-refractivity contribution in [2.45, 2.75) is 31.5 Å². The summed E-state index contributed by atoms with van der Waals surface area (Å²) in [6.45, 7) is 0. The molecule has 0 amide bonds. The van der Waals surface area contributed by atoms with Crippen LogP contribution in [0.5, 0.6) is 0 Å². The Labute approximate surface area is 153 Å². The lowest BCUT2D eigenvalue weighted by atomic mass is 9.99. The van der Waals surface area contributed by atoms with Gasteiger partial charge in [-0.3, -0.25) is 0 Å². The molecule has 3 aromatic rings. The van der Waals surface area contributed by atoms with Gasteiger partial charge in [-0.05, 0) is 54.5 Å². The molecule has 2 aromatic carbocycles. The second kappa shape index (κ2) is 6.81. The molecule has 0 saturated heterocycles. The first-order valence-corrected chi connectivity index (χ1v) is 8.67. The van der Waals surface area contributed by atoms with Gasteiger partial charge in [0.25, 0.3) is 0 Å². The van der Waals surface area contributed by atoms with E-state index in [0.717, 1.165) is 36.1 Å². The molecule has 4 rings (SSSR count). The molecule has 1 unspecified atom stereocenters. The Morgan fingerprint density at radius 1 is 1.04 bits per heavy atom. The van der Waals surface area contributed by atoms with Crippen LogP contribution in [-0.4, -0.2) is 15.3 Å². The summed E-state index contributed by atoms with van der Waals surface area (Å²) in [5.74, 6) is 0.685. The van der Waals surface area contributed by atoms with Crippen molar-refractivity contribution in [3.05, 3.63) is 71.1 Å². The fourth-order valence-electron chi connectivity index (χ4n) is 2.99. The fraction of sp³-hybridized carbons (Fsp3) is 0.300. The first kappa shape index (κ1) is 17.7. The molecular formula is C20H17F3N2O2. The van der Waals surface area contributed by atoms with E-state index in [1.807, 2.05) is 24.3 Å². The lowest BCUT2D eigenvalue weighted by molar-refractivity contribution is -0.137. The summed E-state index contributed by atoms with van der Waals surface area (Å²) in [7, 11) is 0. The minimum atomic E-state index is -4.35. The first-order chi connectivity index (χ1) is 12.9. The molecule has 0 radical (unpaired) electrons. The molecule has 1 saturated carbocycles. The first-order valence-electron chi connectivity index (χ1n) is 8.67. The number of halogens is 3. The van der Waals surface area contributed by atoms with E-state index < -0.39 is 17.8 Å². The number of aliphatic hydroxyl groups is 1. The number of aromatic nitrogens is 2. The maximum absolute atomic E-state index is 12.7. The highest BCUT2D eigenvalue weighted by molar-refractivity contribution is 5.59. The van der Waals surface area contributed by atoms with Crippen LogP contribution in [-0.2, 0) is 12.6 Å². The average Bonchev–Trinajstić information content (AvgIpc) is 3.38. The van der Waals surface area contributed by atoms with Crippen molar-refractivity contribution < 1.29 is 22.7 Å². The van der Waals surface area contributed by atoms with Gasteiger partial charge in [-0.15, -0.1) is 10.2 Å². The van der Waals surface area contributed by atoms with Gasteiger partial charge in [-0.2, -0.15) is 13.2 Å². The van der Waals surface area contributed by atoms with E-state index in [2.05, 4.69) is 10.2 Å². The van der Waals surface area contributed by atoms with Gasteiger partial charge in [-0.1, -0.05) is 30.3 Å². The summed E-state index contributed by atoms with van der Waals surface area (Å²) in [6.07, 6.45) is -2.77. The second-order valence-corrected chi connectivity index (χ2v) is 6.76. The molecule has 4 nitrogen and oxygen atoms in total. The smallest absolute Gasteiger partial charge is 0.416 e. The van der Waals surface area contributed by atoms with Gasteiger partial charge in [0.2, 0.25) is 11.8 Å². The molecule has 0 bridgehead atoms. The maximum Gasteiger partial charge on any atom is 0.416 e. The van der Waals surface area contributed by atoms with Crippen molar-refractivity contribution >= 4 is 0 Å². The fourth-order valence-corrected chi connectivity index (χ4v) is 2.99. The summed E-state index contributed by atoms with van der Waals surface area (Å²) in [6, 6.07) is 12.5. The van der Waals surface area contributed by atoms with Crippen LogP contribution in [0.2, 0.25) is 0 Å². The van der Waals surface area contributed by atoms with Gasteiger partial charge < -0.3 is 9.52 Å². The highest BCUT2D eigenvalue weighted by Crippen LogP contribution is 2.41. The van der Waals surface area contributed by atoms with E-state index in [1.54, 1.807) is 0 Å². The quantitative estimate of drug-likeness (QED) is 0.698. The SMILES string of the molecule is OC(c1nnc(-c2ccccc2Cc2ccc(C(F)(F)F)cc2)o1)C1CC1. The predicted octanol–water partition coefficient (Wildman–Crippen LogP) is 4.79. The molecular weight excluding hydrogens is 357 g/mol. The van der Waals surface area contributed by atoms with Gasteiger partial charge in [0.05, 0.1) is 5.56 Å². The van der Waals surface area contributed by atoms with Gasteiger partial charge in [0.15, 0.2) is 0 Å². The van der Waals surface area contributed by atoms with Crippen molar-refractivity contribution in [1.82, 2.24) is 10.2 Å². The van der Waals surface area contributed by atoms with Crippen LogP contribution < -0.4 is 0 Å². The zero-order valence-electron chi connectivity index (χ0n) is 14.3. The maximum atomic E-state index is 12.7. The Kier molecular flexibility index (Phi) is 4.47. The van der Waals surface area contributed by atoms with Crippen LogP contribution in [0.15, 0.2) is 52.9 Å². The molecule has 1 aliphatic carbocycles. The topological polar surface area (TPSA) is 59.2 Å². The van der Waals surface area contributed by atoms with Crippen LogP contribution in [0.25, 0.3) is 11.5 Å². The van der Waals surface area contributed by atoms with Crippen molar-refractivity contribution in [2.24, 2.45) is 5.92 Å². The third-order valence-electron chi connectivity index (χ3n) is 4.69. The highest BCUT2D eigenvalue weighted by Gasteiger charge is 2.34. The van der Waals surface area contributed by atoms with E-state index in [1.165, 1.54) is 12.1 Å². The average molecular weight is 374 g/mol. The Hall–Kier alpha value is -2.67. The summed E-state index contributed by atoms with van der Waals surface area (Å²) in [5, 5.41) is 18.1. The zero-order chi connectivity index (χ0) is 19.0. The molecule has 7 heteroatoms. The van der Waals surface area contributed by atoms with Crippen LogP contribution >= 0.6 is 0 Å². The van der Waals surface area contributed by atoms with E-state index in [0.29, 0.717) is 17.9 Å². The third-order valence-corrected chi connectivity index (χ3v) is 4.69. The van der Waals surface area contributed by atoms with E-state index in [4.69, 9.17) is 4.42 Å². The Morgan fingerprint density at radius 3 is 2.41 bits per heavy atom. The highest BCUT2D eigenvalue weighted by atomic mass is 19.4. The van der Waals surface area contributed by atoms with Crippen molar-refractivity contribution in [1.29, 1.82) is 0 Å². The van der Waals surface area contributed by atoms with Crippen LogP contribution in [0, 0.1) is 5.92 Å². The monoisotopic (exact) mass is 374 g/mol. The number of hydrogen-bond acceptors (Lipinski definition) is 4. The molecule has 1 atom stereocenters. The predicted molar refractivity (Wildman–Crippen MR) is 91.7 cm³/mol. The van der Waals surface area contributed by atoms with Crippen molar-refractivity contribution in [2.75, 3.05) is 0 Å². The molecule has 27 heavy (non-hydrogen) atoms. The number of hydrogen-bond donors (Lipinski definition) is 1. The number of benzene rings is 2. The van der Waals surface area contributed by atoms with Crippen molar-refractivity contribution in [3.63, 3.8) is 0 Å². The van der Waals surface area contributed by atoms with Crippen LogP contribution in [0.1, 0.15) is 41.5 Å². The molecule has 140 valence electrons. The summed E-state index contributed by atoms with van der Waals surface area (Å²) in [4.78, 5) is 0. The Bertz CT molecular complexity index is 931. The molecule has 1 heterocycles. The summed E-state index contributed by atoms with van der Waals surface area (Å²) >= 11 is 0. The molecule has 1 aliphatic rings. The zero-order valence-corrected chi connectivity index (χ0v) is 14.3. The van der Waals surface area contributed by atoms with E-state index in [9.17, 15) is 18.3 Å². The second-order valence-electron chi connectivity index (χ2n) is 6.76. The number of rotatable bonds is 5. The molecule has 0 spiro atoms. The normalized spacial score (nSPS) is 15.7. The minimum absolute atomic E-state index is 0.181. The van der Waals surface area contributed by atoms with E-state index in [-0.39, 0.29) is 11.8 Å². The standard InChI is InChI=1S/C20H17F3N2O2/c21-20(22,23)15-9-5-12(6-10-15)11-14-3-1-2-4-16(14)18-24-25-19(27-18)17(26)13-7-8-13/h1-6,9-10,13,17,26H,7-8,11H2. The lowest BCUT2D eigenvalue weighted by Gasteiger charge is -2.09. The molecule has 0 aliphatic heterocycles. The van der Waals surface area contributed by atoms with Gasteiger partial charge in [0.1, 0.15) is 6.10 Å². The van der Waals surface area contributed by atoms with Crippen LogP contribution in [0.3, 0.4) is 0 Å². The molecule has 1 fully saturated rings. The third kappa shape index (κ3) is 3.88. The van der Waals surface area contributed by atoms with Gasteiger partial charge in [-0.25, -0.2) is 0 Å². The lowest BCUT2D eigenvalue weighted by Crippen LogP contribution is -2.04. The van der Waals surface area contributed by atoms with Gasteiger partial charge >= 0.3 is 6.18 Å². The van der Waals surface area contributed by atoms with Crippen molar-refractivity contribution in [3.8, 4) is 11.5 Å². The Balaban J connectivity index is 1.58. The Morgan fingerprint density at radius 2 is 1.74 bits per heavy atom. The largest absolute Gasteiger partial charge is 0.418 e. The molecule has 1 N–H and O–H groups in total. The number of aliphatic hydroxyl groups excluding tert-OH is 1. The summed E-state index contributed by atoms with van der Waals surface area (Å²) in [5.41, 5.74) is 1.64. The molecule has 1 aromatic heterocycles. The van der Waals surface area contributed by atoms with Crippen LogP contribution in [0.4, 0.5) is 13.2 Å². The minimum Gasteiger partial charge on any atom is -0.418 e. The van der Waals surface area contributed by atoms with Gasteiger partial charge in [0, 0.05) is 5.56 Å². The number of alkyl halides is 3. The summed E-state index contributed by atoms with van der Waals surface area (Å²) < 4.78 is 43.8. The van der Waals surface area contributed by atoms with E-state index >= 15 is 0 Å². The number of nitrogens with zero attached hydrogens (tertiary/aromatic N) is 2.